The van der Waals surface area contributed by atoms with Gasteiger partial charge in [0, 0.05) is 24.0 Å². The lowest BCUT2D eigenvalue weighted by molar-refractivity contribution is 0.0729. The van der Waals surface area contributed by atoms with Gasteiger partial charge in [0.2, 0.25) is 0 Å². The lowest BCUT2D eigenvalue weighted by Crippen LogP contribution is -2.36. The van der Waals surface area contributed by atoms with Gasteiger partial charge in [-0.2, -0.15) is 0 Å². The monoisotopic (exact) mass is 468 g/mol. The second-order valence-corrected chi connectivity index (χ2v) is 8.38. The highest BCUT2D eigenvalue weighted by Crippen LogP contribution is 2.36. The molecule has 2 aromatic carbocycles. The zero-order valence-electron chi connectivity index (χ0n) is 19.3. The van der Waals surface area contributed by atoms with E-state index in [9.17, 15) is 4.79 Å². The Balaban J connectivity index is 1.54. The summed E-state index contributed by atoms with van der Waals surface area (Å²) in [4.78, 5) is 19.7. The van der Waals surface area contributed by atoms with Crippen LogP contribution in [0.1, 0.15) is 35.5 Å². The number of fused-ring (bicyclic) bond motifs is 1. The van der Waals surface area contributed by atoms with Crippen LogP contribution in [0.15, 0.2) is 35.7 Å². The fraction of sp³-hybridized carbons (Fsp3) is 0.360. The van der Waals surface area contributed by atoms with Gasteiger partial charge < -0.3 is 23.8 Å². The van der Waals surface area contributed by atoms with Crippen molar-refractivity contribution in [2.24, 2.45) is 0 Å². The first kappa shape index (κ1) is 22.9. The number of nitrogens with zero attached hydrogens (tertiary/aromatic N) is 2. The number of methoxy groups -OCH3 is 2. The molecule has 33 heavy (non-hydrogen) atoms. The molecule has 2 heterocycles. The third-order valence-corrected chi connectivity index (χ3v) is 6.41. The van der Waals surface area contributed by atoms with Crippen molar-refractivity contribution in [3.8, 4) is 33.6 Å². The lowest BCUT2D eigenvalue weighted by Gasteiger charge is -2.29. The minimum absolute atomic E-state index is 0.0736. The van der Waals surface area contributed by atoms with Crippen molar-refractivity contribution in [1.29, 1.82) is 0 Å². The van der Waals surface area contributed by atoms with Crippen molar-refractivity contribution in [1.82, 2.24) is 9.88 Å². The number of amides is 1. The van der Waals surface area contributed by atoms with E-state index >= 15 is 0 Å². The van der Waals surface area contributed by atoms with Gasteiger partial charge in [0.25, 0.3) is 5.91 Å². The fourth-order valence-electron chi connectivity index (χ4n) is 3.91. The molecule has 1 amide bonds. The molecule has 0 saturated carbocycles. The molecule has 1 aromatic heterocycles. The number of carbonyl (C=O) groups is 1. The van der Waals surface area contributed by atoms with E-state index in [4.69, 9.17) is 18.9 Å². The van der Waals surface area contributed by atoms with E-state index in [1.165, 1.54) is 16.9 Å². The average molecular weight is 469 g/mol. The summed E-state index contributed by atoms with van der Waals surface area (Å²) in [5.41, 5.74) is 3.60. The number of carbonyl (C=O) groups excluding carboxylic acids is 1. The van der Waals surface area contributed by atoms with Crippen LogP contribution in [0.2, 0.25) is 0 Å². The maximum Gasteiger partial charge on any atom is 0.273 e. The SMILES string of the molecule is CCOc1cc2c(cc1OCC)CN(C(=O)c1csc(-c3ccc(OC)c(OC)c3)n1)CC2. The Hall–Kier alpha value is -3.26. The van der Waals surface area contributed by atoms with Crippen LogP contribution in [0.4, 0.5) is 0 Å². The Labute approximate surface area is 197 Å². The topological polar surface area (TPSA) is 70.1 Å². The predicted molar refractivity (Wildman–Crippen MR) is 128 cm³/mol. The molecule has 1 aliphatic heterocycles. The molecule has 0 unspecified atom stereocenters. The number of hydrogen-bond acceptors (Lipinski definition) is 7. The first-order valence-corrected chi connectivity index (χ1v) is 11.8. The number of rotatable bonds is 8. The summed E-state index contributed by atoms with van der Waals surface area (Å²) in [5.74, 6) is 2.69. The van der Waals surface area contributed by atoms with E-state index in [1.807, 2.05) is 54.5 Å². The Kier molecular flexibility index (Phi) is 7.03. The molecule has 0 aliphatic carbocycles. The Morgan fingerprint density at radius 1 is 0.970 bits per heavy atom. The molecule has 0 radical (unpaired) electrons. The molecule has 8 heteroatoms. The van der Waals surface area contributed by atoms with Crippen LogP contribution in [0.5, 0.6) is 23.0 Å². The summed E-state index contributed by atoms with van der Waals surface area (Å²) < 4.78 is 22.2. The van der Waals surface area contributed by atoms with Crippen LogP contribution in [0.25, 0.3) is 10.6 Å². The normalized spacial score (nSPS) is 12.8. The van der Waals surface area contributed by atoms with E-state index in [-0.39, 0.29) is 5.91 Å². The Bertz CT molecular complexity index is 1140. The second kappa shape index (κ2) is 10.1. The van der Waals surface area contributed by atoms with Crippen LogP contribution >= 0.6 is 11.3 Å². The third kappa shape index (κ3) is 4.75. The van der Waals surface area contributed by atoms with Crippen LogP contribution in [-0.4, -0.2) is 49.8 Å². The van der Waals surface area contributed by atoms with Crippen molar-refractivity contribution >= 4 is 17.2 Å². The third-order valence-electron chi connectivity index (χ3n) is 5.52. The Morgan fingerprint density at radius 3 is 2.33 bits per heavy atom. The van der Waals surface area contributed by atoms with E-state index in [2.05, 4.69) is 4.98 Å². The van der Waals surface area contributed by atoms with Gasteiger partial charge in [0.1, 0.15) is 10.7 Å². The van der Waals surface area contributed by atoms with E-state index < -0.39 is 0 Å². The van der Waals surface area contributed by atoms with Gasteiger partial charge in [-0.15, -0.1) is 11.3 Å². The van der Waals surface area contributed by atoms with Crippen molar-refractivity contribution in [3.05, 3.63) is 52.5 Å². The zero-order valence-corrected chi connectivity index (χ0v) is 20.2. The van der Waals surface area contributed by atoms with Gasteiger partial charge in [0.15, 0.2) is 23.0 Å². The quantitative estimate of drug-likeness (QED) is 0.472. The molecular weight excluding hydrogens is 440 g/mol. The van der Waals surface area contributed by atoms with Crippen molar-refractivity contribution in [2.75, 3.05) is 34.0 Å². The average Bonchev–Trinajstić information content (AvgIpc) is 3.34. The van der Waals surface area contributed by atoms with Gasteiger partial charge in [-0.1, -0.05) is 0 Å². The standard InChI is InChI=1S/C25H28N2O5S/c1-5-31-22-11-16-9-10-27(14-18(16)13-23(22)32-6-2)25(28)19-15-33-24(26-19)17-7-8-20(29-3)21(12-17)30-4/h7-8,11-13,15H,5-6,9-10,14H2,1-4H3. The summed E-state index contributed by atoms with van der Waals surface area (Å²) in [6, 6.07) is 9.67. The van der Waals surface area contributed by atoms with Crippen LogP contribution < -0.4 is 18.9 Å². The molecule has 0 fully saturated rings. The summed E-state index contributed by atoms with van der Waals surface area (Å²) >= 11 is 1.44. The number of thiazole rings is 1. The van der Waals surface area contributed by atoms with Crippen LogP contribution in [0.3, 0.4) is 0 Å². The molecule has 7 nitrogen and oxygen atoms in total. The molecule has 0 N–H and O–H groups in total. The largest absolute Gasteiger partial charge is 0.493 e. The molecular formula is C25H28N2O5S. The van der Waals surface area contributed by atoms with Gasteiger partial charge in [-0.05, 0) is 61.7 Å². The highest BCUT2D eigenvalue weighted by molar-refractivity contribution is 7.13. The van der Waals surface area contributed by atoms with Crippen molar-refractivity contribution in [2.45, 2.75) is 26.8 Å². The molecule has 1 aliphatic rings. The fourth-order valence-corrected chi connectivity index (χ4v) is 4.70. The molecule has 4 rings (SSSR count). The second-order valence-electron chi connectivity index (χ2n) is 7.52. The van der Waals surface area contributed by atoms with Crippen LogP contribution in [0, 0.1) is 0 Å². The molecule has 0 atom stereocenters. The number of hydrogen-bond donors (Lipinski definition) is 0. The predicted octanol–water partition coefficient (Wildman–Crippen LogP) is 4.82. The smallest absolute Gasteiger partial charge is 0.273 e. The lowest BCUT2D eigenvalue weighted by atomic mass is 9.98. The number of ether oxygens (including phenoxy) is 4. The van der Waals surface area contributed by atoms with Gasteiger partial charge in [-0.3, -0.25) is 4.79 Å². The maximum absolute atomic E-state index is 13.2. The summed E-state index contributed by atoms with van der Waals surface area (Å²) in [6.07, 6.45) is 0.764. The van der Waals surface area contributed by atoms with Crippen molar-refractivity contribution < 1.29 is 23.7 Å². The molecule has 0 spiro atoms. The number of aromatic nitrogens is 1. The van der Waals surface area contributed by atoms with Gasteiger partial charge >= 0.3 is 0 Å². The maximum atomic E-state index is 13.2. The summed E-state index contributed by atoms with van der Waals surface area (Å²) in [5, 5.41) is 2.57. The van der Waals surface area contributed by atoms with E-state index in [1.54, 1.807) is 14.2 Å². The molecule has 3 aromatic rings. The van der Waals surface area contributed by atoms with Crippen molar-refractivity contribution in [3.63, 3.8) is 0 Å². The highest BCUT2D eigenvalue weighted by atomic mass is 32.1. The molecule has 0 saturated heterocycles. The highest BCUT2D eigenvalue weighted by Gasteiger charge is 2.25. The van der Waals surface area contributed by atoms with Crippen LogP contribution in [-0.2, 0) is 13.0 Å². The van der Waals surface area contributed by atoms with Gasteiger partial charge in [0.05, 0.1) is 27.4 Å². The van der Waals surface area contributed by atoms with E-state index in [0.29, 0.717) is 43.5 Å². The zero-order chi connectivity index (χ0) is 23.4. The summed E-state index contributed by atoms with van der Waals surface area (Å²) in [6.45, 7) is 6.19. The minimum atomic E-state index is -0.0736. The minimum Gasteiger partial charge on any atom is -0.493 e. The first-order valence-electron chi connectivity index (χ1n) is 11.0. The first-order chi connectivity index (χ1) is 16.1. The van der Waals surface area contributed by atoms with E-state index in [0.717, 1.165) is 34.1 Å². The Morgan fingerprint density at radius 2 is 1.67 bits per heavy atom. The number of benzene rings is 2. The molecule has 174 valence electrons. The van der Waals surface area contributed by atoms with Gasteiger partial charge in [-0.25, -0.2) is 4.98 Å². The summed E-state index contributed by atoms with van der Waals surface area (Å²) in [7, 11) is 3.20. The molecule has 0 bridgehead atoms.